The molecule has 0 aromatic carbocycles. The van der Waals surface area contributed by atoms with Gasteiger partial charge in [-0.2, -0.15) is 7.11 Å². The molecule has 0 atom stereocenters. The Kier molecular flexibility index (Phi) is 35.3. The fraction of sp³-hybridized carbons (Fsp3) is 0.750. The predicted octanol–water partition coefficient (Wildman–Crippen LogP) is -0.558. The minimum atomic E-state index is -0.389. The van der Waals surface area contributed by atoms with Gasteiger partial charge in [0.1, 0.15) is 0 Å². The molecule has 7 heavy (non-hydrogen) atoms. The standard InChI is InChI=1S/C3H9Si.CH3O.Mg/c1-4(2)3;1-2;/h4H,1H2,2-3H3;1H3;/q2*-1;+2. The third kappa shape index (κ3) is 191. The smallest absolute Gasteiger partial charge is 0.857 e. The zero-order valence-electron chi connectivity index (χ0n) is 5.40. The molecule has 0 saturated heterocycles. The Bertz CT molecular complexity index is 16.4. The van der Waals surface area contributed by atoms with Crippen LogP contribution in [0.5, 0.6) is 0 Å². The maximum Gasteiger partial charge on any atom is 2.00 e. The molecule has 0 aliphatic heterocycles. The van der Waals surface area contributed by atoms with Crippen molar-refractivity contribution in [3.8, 4) is 0 Å². The Morgan fingerprint density at radius 2 is 1.29 bits per heavy atom. The first-order valence-corrected chi connectivity index (χ1v) is 5.10. The molecule has 0 aromatic heterocycles. The Labute approximate surface area is 63.9 Å². The first-order chi connectivity index (χ1) is 2.73. The van der Waals surface area contributed by atoms with Crippen molar-refractivity contribution >= 4 is 31.8 Å². The maximum absolute atomic E-state index is 8.25. The summed E-state index contributed by atoms with van der Waals surface area (Å²) in [5.74, 6) is 0. The van der Waals surface area contributed by atoms with Gasteiger partial charge in [-0.05, 0) is 0 Å². The van der Waals surface area contributed by atoms with Crippen molar-refractivity contribution < 1.29 is 5.11 Å². The van der Waals surface area contributed by atoms with Crippen LogP contribution >= 0.6 is 0 Å². The first-order valence-electron chi connectivity index (χ1n) is 1.97. The maximum atomic E-state index is 8.25. The second-order valence-electron chi connectivity index (χ2n) is 1.39. The molecular weight excluding hydrogens is 116 g/mol. The van der Waals surface area contributed by atoms with Crippen LogP contribution in [0.15, 0.2) is 0 Å². The molecule has 0 saturated carbocycles. The molecule has 3 heteroatoms. The number of hydrogen-bond donors (Lipinski definition) is 0. The monoisotopic (exact) mass is 128 g/mol. The minimum Gasteiger partial charge on any atom is -0.857 e. The van der Waals surface area contributed by atoms with Crippen LogP contribution in [0.4, 0.5) is 0 Å². The summed E-state index contributed by atoms with van der Waals surface area (Å²) in [7, 11) is 0.361. The summed E-state index contributed by atoms with van der Waals surface area (Å²) in [5, 5.41) is 8.25. The van der Waals surface area contributed by atoms with Gasteiger partial charge in [-0.15, -0.1) is 8.80 Å². The van der Waals surface area contributed by atoms with E-state index in [0.717, 1.165) is 7.11 Å². The van der Waals surface area contributed by atoms with Crippen molar-refractivity contribution in [2.45, 2.75) is 13.1 Å². The van der Waals surface area contributed by atoms with Gasteiger partial charge in [-0.25, -0.2) is 0 Å². The second-order valence-corrected chi connectivity index (χ2v) is 4.18. The van der Waals surface area contributed by atoms with E-state index in [0.29, 0.717) is 0 Å². The van der Waals surface area contributed by atoms with Crippen LogP contribution in [-0.4, -0.2) is 39.0 Å². The quantitative estimate of drug-likeness (QED) is 0.317. The fourth-order valence-corrected chi connectivity index (χ4v) is 0. The van der Waals surface area contributed by atoms with E-state index in [1.54, 1.807) is 0 Å². The van der Waals surface area contributed by atoms with Crippen molar-refractivity contribution in [3.63, 3.8) is 0 Å². The molecule has 0 aliphatic carbocycles. The third-order valence-corrected chi connectivity index (χ3v) is 0. The first kappa shape index (κ1) is 15.7. The van der Waals surface area contributed by atoms with Crippen LogP contribution < -0.4 is 5.11 Å². The van der Waals surface area contributed by atoms with Gasteiger partial charge in [0, 0.05) is 0 Å². The van der Waals surface area contributed by atoms with E-state index < -0.39 is 0 Å². The second kappa shape index (κ2) is 15.8. The Morgan fingerprint density at radius 1 is 1.29 bits per heavy atom. The van der Waals surface area contributed by atoms with Gasteiger partial charge < -0.3 is 11.7 Å². The average molecular weight is 129 g/mol. The predicted molar refractivity (Wildman–Crippen MR) is 35.9 cm³/mol. The van der Waals surface area contributed by atoms with Crippen molar-refractivity contribution in [1.29, 1.82) is 0 Å². The third-order valence-electron chi connectivity index (χ3n) is 0. The van der Waals surface area contributed by atoms with E-state index in [1.165, 1.54) is 0 Å². The average Bonchev–Trinajstić information content (AvgIpc) is 1.41. The van der Waals surface area contributed by atoms with Crippen molar-refractivity contribution in [1.82, 2.24) is 0 Å². The van der Waals surface area contributed by atoms with Crippen LogP contribution in [0.1, 0.15) is 0 Å². The molecule has 0 amide bonds. The summed E-state index contributed by atoms with van der Waals surface area (Å²) < 4.78 is 0. The van der Waals surface area contributed by atoms with Crippen molar-refractivity contribution in [2.75, 3.05) is 7.11 Å². The summed E-state index contributed by atoms with van der Waals surface area (Å²) in [5.41, 5.74) is 0. The van der Waals surface area contributed by atoms with E-state index in [4.69, 9.17) is 5.11 Å². The molecule has 1 nitrogen and oxygen atoms in total. The van der Waals surface area contributed by atoms with Gasteiger partial charge in [0.05, 0.1) is 0 Å². The fourth-order valence-electron chi connectivity index (χ4n) is 0. The van der Waals surface area contributed by atoms with Gasteiger partial charge in [-0.1, -0.05) is 13.1 Å². The Balaban J connectivity index is -0.0000000480. The molecule has 0 aliphatic rings. The molecule has 40 valence electrons. The number of rotatable bonds is 0. The largest absolute Gasteiger partial charge is 2.00 e. The normalized spacial score (nSPS) is 6.00. The van der Waals surface area contributed by atoms with Crippen LogP contribution in [0.3, 0.4) is 0 Å². The van der Waals surface area contributed by atoms with Crippen LogP contribution in [0, 0.1) is 6.55 Å². The molecule has 0 heterocycles. The van der Waals surface area contributed by atoms with Crippen LogP contribution in [-0.2, 0) is 0 Å². The zero-order chi connectivity index (χ0) is 5.58. The van der Waals surface area contributed by atoms with Gasteiger partial charge in [-0.3, -0.25) is 0 Å². The Hall–Kier alpha value is 0.943. The van der Waals surface area contributed by atoms with Crippen molar-refractivity contribution in [3.05, 3.63) is 6.55 Å². The van der Waals surface area contributed by atoms with Gasteiger partial charge in [0.2, 0.25) is 0 Å². The number of hydrogen-bond acceptors (Lipinski definition) is 1. The zero-order valence-corrected chi connectivity index (χ0v) is 7.97. The van der Waals surface area contributed by atoms with Crippen LogP contribution in [0.2, 0.25) is 13.1 Å². The summed E-state index contributed by atoms with van der Waals surface area (Å²) in [6.45, 7) is 8.17. The van der Waals surface area contributed by atoms with E-state index >= 15 is 0 Å². The molecule has 0 rings (SSSR count). The van der Waals surface area contributed by atoms with Gasteiger partial charge in [0.25, 0.3) is 0 Å². The summed E-state index contributed by atoms with van der Waals surface area (Å²) in [6.07, 6.45) is 0. The SMILES string of the molecule is C[O-].[CH2-][SiH](C)C.[Mg+2]. The summed E-state index contributed by atoms with van der Waals surface area (Å²) >= 11 is 0. The van der Waals surface area contributed by atoms with E-state index in [-0.39, 0.29) is 31.8 Å². The van der Waals surface area contributed by atoms with E-state index in [9.17, 15) is 0 Å². The topological polar surface area (TPSA) is 23.1 Å². The molecule has 0 fully saturated rings. The molecule has 0 radical (unpaired) electrons. The van der Waals surface area contributed by atoms with Crippen LogP contribution in [0.25, 0.3) is 0 Å². The van der Waals surface area contributed by atoms with Gasteiger partial charge in [0.15, 0.2) is 0 Å². The van der Waals surface area contributed by atoms with Gasteiger partial charge >= 0.3 is 23.1 Å². The van der Waals surface area contributed by atoms with Crippen molar-refractivity contribution in [2.24, 2.45) is 0 Å². The molecule has 0 N–H and O–H groups in total. The van der Waals surface area contributed by atoms with E-state index in [2.05, 4.69) is 19.6 Å². The molecule has 0 bridgehead atoms. The summed E-state index contributed by atoms with van der Waals surface area (Å²) in [4.78, 5) is 0. The Morgan fingerprint density at radius 3 is 1.29 bits per heavy atom. The van der Waals surface area contributed by atoms with E-state index in [1.807, 2.05) is 0 Å². The molecule has 0 spiro atoms. The minimum absolute atomic E-state index is 0. The molecule has 0 aromatic rings. The molecular formula is C4H12MgOSi. The molecule has 0 unspecified atom stereocenters. The summed E-state index contributed by atoms with van der Waals surface area (Å²) in [6, 6.07) is 0.